The number of hydrogen-bond donors (Lipinski definition) is 0. The molecule has 0 N–H and O–H groups in total. The quantitative estimate of drug-likeness (QED) is 0.498. The number of ether oxygens (including phenoxy) is 2. The molecule has 3 aromatic rings. The van der Waals surface area contributed by atoms with Crippen molar-refractivity contribution in [3.63, 3.8) is 0 Å². The lowest BCUT2D eigenvalue weighted by atomic mass is 9.96. The molecule has 0 saturated heterocycles. The molecule has 0 aromatic heterocycles. The van der Waals surface area contributed by atoms with Gasteiger partial charge in [0.05, 0.1) is 24.4 Å². The predicted molar refractivity (Wildman–Crippen MR) is 115 cm³/mol. The Morgan fingerprint density at radius 3 is 2.52 bits per heavy atom. The Bertz CT molecular complexity index is 1100. The number of benzene rings is 3. The van der Waals surface area contributed by atoms with Crippen LogP contribution >= 0.6 is 23.2 Å². The Hall–Kier alpha value is -2.69. The van der Waals surface area contributed by atoms with Crippen LogP contribution < -0.4 is 9.47 Å². The second kappa shape index (κ2) is 7.29. The third-order valence-electron chi connectivity index (χ3n) is 5.33. The second-order valence-electron chi connectivity index (χ2n) is 7.05. The van der Waals surface area contributed by atoms with Crippen LogP contribution in [0.25, 0.3) is 0 Å². The topological polar surface area (TPSA) is 34.1 Å². The highest BCUT2D eigenvalue weighted by Crippen LogP contribution is 2.49. The summed E-state index contributed by atoms with van der Waals surface area (Å²) in [5, 5.41) is 8.36. The van der Waals surface area contributed by atoms with Crippen molar-refractivity contribution < 1.29 is 9.47 Å². The molecule has 6 heteroatoms. The van der Waals surface area contributed by atoms with Crippen LogP contribution in [0.1, 0.15) is 35.4 Å². The molecule has 5 rings (SSSR count). The van der Waals surface area contributed by atoms with E-state index in [2.05, 4.69) is 0 Å². The van der Waals surface area contributed by atoms with E-state index in [1.54, 1.807) is 7.11 Å². The van der Waals surface area contributed by atoms with Gasteiger partial charge in [-0.25, -0.2) is 5.01 Å². The average molecular weight is 425 g/mol. The van der Waals surface area contributed by atoms with Crippen LogP contribution in [0.3, 0.4) is 0 Å². The molecule has 3 aromatic carbocycles. The first-order valence-electron chi connectivity index (χ1n) is 9.35. The zero-order chi connectivity index (χ0) is 20.0. The largest absolute Gasteiger partial charge is 0.496 e. The van der Waals surface area contributed by atoms with E-state index in [0.717, 1.165) is 40.3 Å². The minimum absolute atomic E-state index is 0.0260. The van der Waals surface area contributed by atoms with Crippen molar-refractivity contribution in [2.45, 2.75) is 18.7 Å². The lowest BCUT2D eigenvalue weighted by molar-refractivity contribution is -0.0203. The molecular formula is C23H18Cl2N2O2. The first kappa shape index (κ1) is 18.3. The summed E-state index contributed by atoms with van der Waals surface area (Å²) in [6, 6.07) is 21.4. The van der Waals surface area contributed by atoms with Crippen molar-refractivity contribution in [2.75, 3.05) is 7.11 Å². The molecule has 0 aliphatic carbocycles. The van der Waals surface area contributed by atoms with Gasteiger partial charge >= 0.3 is 0 Å². The molecule has 2 aliphatic rings. The van der Waals surface area contributed by atoms with Gasteiger partial charge < -0.3 is 9.47 Å². The fraction of sp³-hybridized carbons (Fsp3) is 0.174. The van der Waals surface area contributed by atoms with Crippen LogP contribution in [-0.4, -0.2) is 17.8 Å². The van der Waals surface area contributed by atoms with Gasteiger partial charge in [0.2, 0.25) is 6.23 Å². The molecule has 4 nitrogen and oxygen atoms in total. The van der Waals surface area contributed by atoms with Gasteiger partial charge in [0.1, 0.15) is 11.5 Å². The molecule has 0 unspecified atom stereocenters. The molecule has 0 spiro atoms. The van der Waals surface area contributed by atoms with Crippen LogP contribution in [0.4, 0.5) is 0 Å². The van der Waals surface area contributed by atoms with E-state index in [4.69, 9.17) is 37.8 Å². The summed E-state index contributed by atoms with van der Waals surface area (Å²) in [6.07, 6.45) is 0.360. The first-order valence-corrected chi connectivity index (χ1v) is 10.1. The fourth-order valence-corrected chi connectivity index (χ4v) is 4.26. The third kappa shape index (κ3) is 3.22. The SMILES string of the molecule is COc1ccccc1[C@@H]1Oc2ccc(Cl)cc2[C@@H]2CC(c3ccc(Cl)cc3)=NN21. The highest BCUT2D eigenvalue weighted by molar-refractivity contribution is 6.31. The number of halogens is 2. The van der Waals surface area contributed by atoms with Crippen LogP contribution in [0.5, 0.6) is 11.5 Å². The van der Waals surface area contributed by atoms with Gasteiger partial charge in [0, 0.05) is 22.0 Å². The summed E-state index contributed by atoms with van der Waals surface area (Å²) in [5.74, 6) is 1.59. The Balaban J connectivity index is 1.62. The molecule has 0 saturated carbocycles. The van der Waals surface area contributed by atoms with Crippen LogP contribution in [0.15, 0.2) is 71.8 Å². The summed E-state index contributed by atoms with van der Waals surface area (Å²) in [6.45, 7) is 0. The van der Waals surface area contributed by atoms with Crippen molar-refractivity contribution in [3.8, 4) is 11.5 Å². The molecule has 29 heavy (non-hydrogen) atoms. The fourth-order valence-electron chi connectivity index (χ4n) is 3.95. The van der Waals surface area contributed by atoms with Gasteiger partial charge in [-0.15, -0.1) is 0 Å². The van der Waals surface area contributed by atoms with E-state index in [1.165, 1.54) is 0 Å². The Morgan fingerprint density at radius 1 is 0.966 bits per heavy atom. The van der Waals surface area contributed by atoms with Gasteiger partial charge in [0.15, 0.2) is 0 Å². The van der Waals surface area contributed by atoms with Gasteiger partial charge in [-0.2, -0.15) is 5.10 Å². The molecule has 146 valence electrons. The van der Waals surface area contributed by atoms with Crippen molar-refractivity contribution in [1.29, 1.82) is 0 Å². The van der Waals surface area contributed by atoms with E-state index in [-0.39, 0.29) is 6.04 Å². The molecule has 0 amide bonds. The predicted octanol–water partition coefficient (Wildman–Crippen LogP) is 6.24. The van der Waals surface area contributed by atoms with Gasteiger partial charge in [-0.3, -0.25) is 0 Å². The summed E-state index contributed by atoms with van der Waals surface area (Å²) < 4.78 is 12.0. The maximum Gasteiger partial charge on any atom is 0.217 e. The van der Waals surface area contributed by atoms with E-state index < -0.39 is 6.23 Å². The third-order valence-corrected chi connectivity index (χ3v) is 5.82. The summed E-state index contributed by atoms with van der Waals surface area (Å²) in [5.41, 5.74) is 4.01. The number of fused-ring (bicyclic) bond motifs is 3. The maximum absolute atomic E-state index is 6.39. The molecular weight excluding hydrogens is 407 g/mol. The minimum Gasteiger partial charge on any atom is -0.496 e. The van der Waals surface area contributed by atoms with E-state index in [1.807, 2.05) is 71.7 Å². The lowest BCUT2D eigenvalue weighted by Gasteiger charge is -2.38. The summed E-state index contributed by atoms with van der Waals surface area (Å²) in [4.78, 5) is 0. The minimum atomic E-state index is -0.394. The molecule has 2 aliphatic heterocycles. The van der Waals surface area contributed by atoms with Crippen molar-refractivity contribution in [2.24, 2.45) is 5.10 Å². The van der Waals surface area contributed by atoms with Gasteiger partial charge in [-0.1, -0.05) is 47.5 Å². The second-order valence-corrected chi connectivity index (χ2v) is 7.92. The van der Waals surface area contributed by atoms with E-state index in [9.17, 15) is 0 Å². The summed E-state index contributed by atoms with van der Waals surface area (Å²) in [7, 11) is 1.67. The maximum atomic E-state index is 6.39. The van der Waals surface area contributed by atoms with Crippen LogP contribution in [0, 0.1) is 0 Å². The Labute approximate surface area is 179 Å². The number of rotatable bonds is 3. The zero-order valence-corrected chi connectivity index (χ0v) is 17.2. The normalized spacial score (nSPS) is 19.8. The van der Waals surface area contributed by atoms with Gasteiger partial charge in [-0.05, 0) is 48.0 Å². The molecule has 0 fully saturated rings. The Kier molecular flexibility index (Phi) is 4.61. The average Bonchev–Trinajstić information content (AvgIpc) is 3.19. The van der Waals surface area contributed by atoms with Gasteiger partial charge in [0.25, 0.3) is 0 Å². The van der Waals surface area contributed by atoms with E-state index in [0.29, 0.717) is 10.0 Å². The Morgan fingerprint density at radius 2 is 1.72 bits per heavy atom. The van der Waals surface area contributed by atoms with Crippen molar-refractivity contribution in [3.05, 3.63) is 93.5 Å². The number of nitrogens with zero attached hydrogens (tertiary/aromatic N) is 2. The summed E-state index contributed by atoms with van der Waals surface area (Å²) >= 11 is 12.4. The van der Waals surface area contributed by atoms with Crippen molar-refractivity contribution >= 4 is 28.9 Å². The monoisotopic (exact) mass is 424 g/mol. The smallest absolute Gasteiger partial charge is 0.217 e. The number of hydrazone groups is 1. The van der Waals surface area contributed by atoms with Crippen molar-refractivity contribution in [1.82, 2.24) is 5.01 Å². The number of para-hydroxylation sites is 1. The lowest BCUT2D eigenvalue weighted by Crippen LogP contribution is -2.33. The number of methoxy groups -OCH3 is 1. The van der Waals surface area contributed by atoms with Crippen LogP contribution in [0.2, 0.25) is 10.0 Å². The highest BCUT2D eigenvalue weighted by atomic mass is 35.5. The molecule has 0 radical (unpaired) electrons. The molecule has 0 bridgehead atoms. The van der Waals surface area contributed by atoms with Crippen LogP contribution in [-0.2, 0) is 0 Å². The molecule has 2 heterocycles. The molecule has 2 atom stereocenters. The number of hydrogen-bond acceptors (Lipinski definition) is 4. The zero-order valence-electron chi connectivity index (χ0n) is 15.7. The first-order chi connectivity index (χ1) is 14.1. The van der Waals surface area contributed by atoms with E-state index >= 15 is 0 Å². The standard InChI is InChI=1S/C23H18Cl2N2O2/c1-28-21-5-3-2-4-17(21)23-27-20(18-12-16(25)10-11-22(18)29-23)13-19(26-27)14-6-8-15(24)9-7-14/h2-12,20,23H,13H2,1H3/t20-,23-/m0/s1. The highest BCUT2D eigenvalue weighted by Gasteiger charge is 2.42.